The maximum atomic E-state index is 12.9. The van der Waals surface area contributed by atoms with Gasteiger partial charge < -0.3 is 39.5 Å². The zero-order valence-corrected chi connectivity index (χ0v) is 23.3. The molecule has 0 spiro atoms. The molecule has 14 heteroatoms. The van der Waals surface area contributed by atoms with Crippen molar-refractivity contribution in [1.29, 1.82) is 0 Å². The second-order valence-electron chi connectivity index (χ2n) is 9.69. The quantitative estimate of drug-likeness (QED) is 0.207. The number of Topliss-reactive ketones (excluding diaryl/α,β-unsaturated/α-hetero) is 1. The number of rotatable bonds is 12. The first-order chi connectivity index (χ1) is 19.9. The highest BCUT2D eigenvalue weighted by Crippen LogP contribution is 2.30. The Bertz CT molecular complexity index is 1120. The first-order valence-corrected chi connectivity index (χ1v) is 13.8. The van der Waals surface area contributed by atoms with Crippen molar-refractivity contribution >= 4 is 41.3 Å². The first-order valence-electron chi connectivity index (χ1n) is 13.8. The molecule has 2 amide bonds. The molecule has 3 aliphatic heterocycles. The van der Waals surface area contributed by atoms with Crippen LogP contribution in [0.25, 0.3) is 0 Å². The lowest BCUT2D eigenvalue weighted by molar-refractivity contribution is -0.178. The van der Waals surface area contributed by atoms with Gasteiger partial charge in [0.2, 0.25) is 11.7 Å². The number of carbonyl (C=O) groups is 4. The Morgan fingerprint density at radius 2 is 1.80 bits per heavy atom. The van der Waals surface area contributed by atoms with Crippen LogP contribution in [0.4, 0.5) is 22.4 Å². The van der Waals surface area contributed by atoms with Gasteiger partial charge in [-0.2, -0.15) is 9.97 Å². The average Bonchev–Trinajstić information content (AvgIpc) is 3.48. The van der Waals surface area contributed by atoms with Crippen molar-refractivity contribution < 1.29 is 33.4 Å². The average molecular weight is 572 g/mol. The smallest absolute Gasteiger partial charge is 0.410 e. The number of piperazine rings is 1. The number of anilines is 3. The highest BCUT2D eigenvalue weighted by atomic mass is 16.6. The lowest BCUT2D eigenvalue weighted by Gasteiger charge is -2.38. The van der Waals surface area contributed by atoms with Crippen molar-refractivity contribution in [3.8, 4) is 0 Å². The Balaban J connectivity index is 1.29. The third kappa shape index (κ3) is 7.12. The predicted octanol–water partition coefficient (Wildman–Crippen LogP) is 0.822. The number of hydrogen-bond acceptors (Lipinski definition) is 12. The normalized spacial score (nSPS) is 22.2. The number of fused-ring (bicyclic) bond motifs is 1. The van der Waals surface area contributed by atoms with Gasteiger partial charge in [0, 0.05) is 58.5 Å². The van der Waals surface area contributed by atoms with E-state index < -0.39 is 48.6 Å². The minimum Gasteiger partial charge on any atom is -0.449 e. The number of nitrogens with zero attached hydrogens (tertiary/aromatic N) is 5. The molecule has 0 saturated carbocycles. The summed E-state index contributed by atoms with van der Waals surface area (Å²) >= 11 is 0. The summed E-state index contributed by atoms with van der Waals surface area (Å²) in [6, 6.07) is 1.30. The van der Waals surface area contributed by atoms with Crippen molar-refractivity contribution in [2.24, 2.45) is 0 Å². The van der Waals surface area contributed by atoms with Crippen LogP contribution in [0.5, 0.6) is 0 Å². The molecular weight excluding hydrogens is 534 g/mol. The van der Waals surface area contributed by atoms with E-state index in [-0.39, 0.29) is 6.61 Å². The van der Waals surface area contributed by atoms with E-state index in [0.29, 0.717) is 76.2 Å². The molecule has 4 rings (SSSR count). The third-order valence-corrected chi connectivity index (χ3v) is 7.01. The van der Waals surface area contributed by atoms with Crippen molar-refractivity contribution in [2.45, 2.75) is 38.0 Å². The molecule has 3 unspecified atom stereocenters. The van der Waals surface area contributed by atoms with Crippen LogP contribution in [0.15, 0.2) is 31.4 Å². The molecule has 1 aromatic heterocycles. The standard InChI is InChI=1S/C27H37N7O7/c1-4-9-28-19-16-20(31-26(30-19)29-10-5-2)32-12-14-33(15-13-32)27(38)40-17-21(35)41-23-18-8-7-11-34(18)25(37)24(22(23)36)39-6-3/h4-5,16,18,23-24H,1-2,6-15,17H2,3H3,(H2,28,29,30,31). The molecule has 3 saturated heterocycles. The molecule has 4 heterocycles. The number of piperidine rings is 1. The molecule has 0 aromatic carbocycles. The van der Waals surface area contributed by atoms with Gasteiger partial charge in [-0.05, 0) is 19.8 Å². The molecule has 0 radical (unpaired) electrons. The molecule has 1 aromatic rings. The van der Waals surface area contributed by atoms with Crippen LogP contribution in [-0.4, -0.2) is 121 Å². The minimum absolute atomic E-state index is 0.171. The predicted molar refractivity (Wildman–Crippen MR) is 150 cm³/mol. The van der Waals surface area contributed by atoms with Crippen molar-refractivity contribution in [3.63, 3.8) is 0 Å². The maximum absolute atomic E-state index is 12.9. The topological polar surface area (TPSA) is 156 Å². The van der Waals surface area contributed by atoms with Crippen LogP contribution in [0.2, 0.25) is 0 Å². The Morgan fingerprint density at radius 1 is 1.07 bits per heavy atom. The van der Waals surface area contributed by atoms with Crippen LogP contribution < -0.4 is 15.5 Å². The van der Waals surface area contributed by atoms with Gasteiger partial charge in [-0.1, -0.05) is 12.2 Å². The van der Waals surface area contributed by atoms with Crippen LogP contribution >= 0.6 is 0 Å². The highest BCUT2D eigenvalue weighted by Gasteiger charge is 2.52. The van der Waals surface area contributed by atoms with Crippen molar-refractivity contribution in [1.82, 2.24) is 19.8 Å². The number of carbonyl (C=O) groups excluding carboxylic acids is 4. The number of aromatic nitrogens is 2. The van der Waals surface area contributed by atoms with E-state index in [1.54, 1.807) is 24.0 Å². The lowest BCUT2D eigenvalue weighted by Crippen LogP contribution is -2.62. The maximum Gasteiger partial charge on any atom is 0.410 e. The second kappa shape index (κ2) is 13.9. The van der Waals surface area contributed by atoms with E-state index in [9.17, 15) is 19.2 Å². The van der Waals surface area contributed by atoms with Gasteiger partial charge in [-0.25, -0.2) is 9.59 Å². The number of ether oxygens (including phenoxy) is 3. The largest absolute Gasteiger partial charge is 0.449 e. The van der Waals surface area contributed by atoms with E-state index in [0.717, 1.165) is 0 Å². The summed E-state index contributed by atoms with van der Waals surface area (Å²) in [4.78, 5) is 64.8. The Kier molecular flexibility index (Phi) is 10.1. The number of ketones is 1. The third-order valence-electron chi connectivity index (χ3n) is 7.01. The number of nitrogens with one attached hydrogen (secondary N) is 2. The van der Waals surface area contributed by atoms with Gasteiger partial charge in [-0.3, -0.25) is 9.59 Å². The number of esters is 1. The summed E-state index contributed by atoms with van der Waals surface area (Å²) in [7, 11) is 0. The second-order valence-corrected chi connectivity index (χ2v) is 9.69. The summed E-state index contributed by atoms with van der Waals surface area (Å²) in [6.45, 7) is 11.8. The summed E-state index contributed by atoms with van der Waals surface area (Å²) in [5.74, 6) is -0.0539. The van der Waals surface area contributed by atoms with E-state index in [1.165, 1.54) is 4.90 Å². The minimum atomic E-state index is -1.29. The van der Waals surface area contributed by atoms with E-state index in [4.69, 9.17) is 14.2 Å². The molecule has 2 N–H and O–H groups in total. The van der Waals surface area contributed by atoms with Crippen LogP contribution in [0.1, 0.15) is 19.8 Å². The van der Waals surface area contributed by atoms with Crippen LogP contribution in [0, 0.1) is 0 Å². The highest BCUT2D eigenvalue weighted by molar-refractivity contribution is 6.09. The zero-order valence-electron chi connectivity index (χ0n) is 23.3. The van der Waals surface area contributed by atoms with Gasteiger partial charge in [0.05, 0.1) is 6.04 Å². The molecule has 3 fully saturated rings. The SMILES string of the molecule is C=CCNc1cc(N2CCN(C(=O)OCC(=O)OC3C(=O)C(OCC)C(=O)N4CCCC34)CC2)nc(NCC=C)n1. The monoisotopic (exact) mass is 571 g/mol. The fourth-order valence-corrected chi connectivity index (χ4v) is 5.06. The first kappa shape index (κ1) is 29.8. The van der Waals surface area contributed by atoms with Crippen molar-refractivity contribution in [3.05, 3.63) is 31.4 Å². The molecule has 41 heavy (non-hydrogen) atoms. The van der Waals surface area contributed by atoms with Gasteiger partial charge in [0.1, 0.15) is 11.6 Å². The van der Waals surface area contributed by atoms with Gasteiger partial charge >= 0.3 is 12.1 Å². The Labute approximate surface area is 238 Å². The molecule has 0 bridgehead atoms. The fraction of sp³-hybridized carbons (Fsp3) is 0.556. The molecule has 3 atom stereocenters. The summed E-state index contributed by atoms with van der Waals surface area (Å²) < 4.78 is 16.0. The van der Waals surface area contributed by atoms with Crippen LogP contribution in [0.3, 0.4) is 0 Å². The summed E-state index contributed by atoms with van der Waals surface area (Å²) in [6.07, 6.45) is 1.59. The van der Waals surface area contributed by atoms with E-state index >= 15 is 0 Å². The lowest BCUT2D eigenvalue weighted by atomic mass is 9.95. The zero-order chi connectivity index (χ0) is 29.4. The van der Waals surface area contributed by atoms with Gasteiger partial charge in [0.15, 0.2) is 18.8 Å². The molecular formula is C27H37N7O7. The number of amides is 2. The molecule has 222 valence electrons. The Hall–Kier alpha value is -4.20. The molecule has 3 aliphatic rings. The fourth-order valence-electron chi connectivity index (χ4n) is 5.06. The Morgan fingerprint density at radius 3 is 2.51 bits per heavy atom. The van der Waals surface area contributed by atoms with E-state index in [2.05, 4.69) is 33.8 Å². The summed E-state index contributed by atoms with van der Waals surface area (Å²) in [5, 5.41) is 6.25. The summed E-state index contributed by atoms with van der Waals surface area (Å²) in [5.41, 5.74) is 0. The van der Waals surface area contributed by atoms with Gasteiger partial charge in [-0.15, -0.1) is 13.2 Å². The van der Waals surface area contributed by atoms with Crippen molar-refractivity contribution in [2.75, 3.05) is 74.6 Å². The molecule has 0 aliphatic carbocycles. The van der Waals surface area contributed by atoms with E-state index in [1.807, 2.05) is 11.0 Å². The van der Waals surface area contributed by atoms with Crippen LogP contribution in [-0.2, 0) is 28.6 Å². The molecule has 14 nitrogen and oxygen atoms in total. The number of hydrogen-bond donors (Lipinski definition) is 2. The van der Waals surface area contributed by atoms with Gasteiger partial charge in [0.25, 0.3) is 5.91 Å².